The molecule has 4 heteroatoms. The first-order chi connectivity index (χ1) is 7.81. The van der Waals surface area contributed by atoms with Gasteiger partial charge in [0.25, 0.3) is 0 Å². The van der Waals surface area contributed by atoms with Crippen LogP contribution in [0.4, 0.5) is 5.69 Å². The van der Waals surface area contributed by atoms with E-state index >= 15 is 0 Å². The van der Waals surface area contributed by atoms with Gasteiger partial charge in [0.05, 0.1) is 0 Å². The molecular formula is C12H8BrN3. The molecule has 3 nitrogen and oxygen atoms in total. The lowest BCUT2D eigenvalue weighted by Gasteiger charge is -2.05. The van der Waals surface area contributed by atoms with Gasteiger partial charge in [-0.15, -0.1) is 0 Å². The van der Waals surface area contributed by atoms with Crippen LogP contribution in [-0.2, 0) is 0 Å². The Morgan fingerprint density at radius 3 is 2.62 bits per heavy atom. The molecule has 0 amide bonds. The van der Waals surface area contributed by atoms with Crippen LogP contribution < -0.4 is 0 Å². The summed E-state index contributed by atoms with van der Waals surface area (Å²) in [5, 5.41) is 3.68. The van der Waals surface area contributed by atoms with Gasteiger partial charge in [-0.05, 0) is 28.8 Å². The van der Waals surface area contributed by atoms with Crippen molar-refractivity contribution in [3.05, 3.63) is 63.4 Å². The van der Waals surface area contributed by atoms with Crippen molar-refractivity contribution < 1.29 is 0 Å². The highest BCUT2D eigenvalue weighted by molar-refractivity contribution is 9.10. The van der Waals surface area contributed by atoms with Crippen molar-refractivity contribution in [3.63, 3.8) is 0 Å². The fraction of sp³-hybridized carbons (Fsp3) is 0. The van der Waals surface area contributed by atoms with Crippen LogP contribution in [0.25, 0.3) is 21.6 Å². The van der Waals surface area contributed by atoms with Crippen molar-refractivity contribution in [2.45, 2.75) is 0 Å². The Morgan fingerprint density at radius 2 is 1.88 bits per heavy atom. The van der Waals surface area contributed by atoms with E-state index in [0.717, 1.165) is 15.6 Å². The van der Waals surface area contributed by atoms with Crippen LogP contribution in [0, 0.1) is 0 Å². The first kappa shape index (κ1) is 10.7. The van der Waals surface area contributed by atoms with Gasteiger partial charge in [-0.25, -0.2) is 0 Å². The van der Waals surface area contributed by atoms with Crippen LogP contribution in [0.2, 0.25) is 0 Å². The average molecular weight is 274 g/mol. The number of rotatable bonds is 2. The molecule has 0 unspecified atom stereocenters. The molecule has 0 saturated carbocycles. The van der Waals surface area contributed by atoms with Gasteiger partial charge in [0.1, 0.15) is 0 Å². The summed E-state index contributed by atoms with van der Waals surface area (Å²) in [5.74, 6) is 0. The van der Waals surface area contributed by atoms with Crippen LogP contribution in [-0.4, -0.2) is 0 Å². The molecule has 0 bridgehead atoms. The summed E-state index contributed by atoms with van der Waals surface area (Å²) in [5.41, 5.74) is 11.1. The zero-order valence-electron chi connectivity index (χ0n) is 8.34. The van der Waals surface area contributed by atoms with Crippen LogP contribution in [0.15, 0.2) is 58.1 Å². The zero-order valence-corrected chi connectivity index (χ0v) is 9.92. The van der Waals surface area contributed by atoms with E-state index in [4.69, 9.17) is 5.53 Å². The number of nitrogens with zero attached hydrogens (tertiary/aromatic N) is 3. The summed E-state index contributed by atoms with van der Waals surface area (Å²) in [6.45, 7) is 0. The van der Waals surface area contributed by atoms with Crippen molar-refractivity contribution in [2.75, 3.05) is 0 Å². The standard InChI is InChI=1S/C12H8BrN3/c13-10-5-3-4-9(8-10)11-6-1-2-7-12(11)15-16-14/h1-8H. The van der Waals surface area contributed by atoms with Crippen LogP contribution in [0.1, 0.15) is 0 Å². The Kier molecular flexibility index (Phi) is 3.25. The second kappa shape index (κ2) is 4.84. The summed E-state index contributed by atoms with van der Waals surface area (Å²) in [6.07, 6.45) is 0. The second-order valence-corrected chi connectivity index (χ2v) is 4.13. The Bertz CT molecular complexity index is 560. The van der Waals surface area contributed by atoms with E-state index < -0.39 is 0 Å². The van der Waals surface area contributed by atoms with Gasteiger partial charge in [-0.3, -0.25) is 0 Å². The maximum absolute atomic E-state index is 8.49. The molecule has 0 aliphatic heterocycles. The van der Waals surface area contributed by atoms with Crippen LogP contribution in [0.5, 0.6) is 0 Å². The Hall–Kier alpha value is -1.77. The largest absolute Gasteiger partial charge is 0.0618 e. The molecule has 0 atom stereocenters. The number of benzene rings is 2. The molecule has 0 radical (unpaired) electrons. The molecule has 0 aliphatic carbocycles. The van der Waals surface area contributed by atoms with E-state index in [-0.39, 0.29) is 0 Å². The monoisotopic (exact) mass is 273 g/mol. The molecule has 0 N–H and O–H groups in total. The Morgan fingerprint density at radius 1 is 1.06 bits per heavy atom. The highest BCUT2D eigenvalue weighted by atomic mass is 79.9. The molecule has 0 fully saturated rings. The highest BCUT2D eigenvalue weighted by Gasteiger charge is 2.02. The predicted molar refractivity (Wildman–Crippen MR) is 68.4 cm³/mol. The SMILES string of the molecule is [N-]=[N+]=Nc1ccccc1-c1cccc(Br)c1. The minimum Gasteiger partial charge on any atom is -0.0618 e. The van der Waals surface area contributed by atoms with Gasteiger partial charge < -0.3 is 0 Å². The second-order valence-electron chi connectivity index (χ2n) is 3.22. The Balaban J connectivity index is 2.59. The van der Waals surface area contributed by atoms with E-state index in [9.17, 15) is 0 Å². The summed E-state index contributed by atoms with van der Waals surface area (Å²) < 4.78 is 1.00. The fourth-order valence-corrected chi connectivity index (χ4v) is 1.91. The third kappa shape index (κ3) is 2.24. The van der Waals surface area contributed by atoms with Crippen molar-refractivity contribution >= 4 is 21.6 Å². The molecule has 2 aromatic carbocycles. The summed E-state index contributed by atoms with van der Waals surface area (Å²) in [7, 11) is 0. The summed E-state index contributed by atoms with van der Waals surface area (Å²) in [6, 6.07) is 15.4. The zero-order chi connectivity index (χ0) is 11.4. The molecule has 2 rings (SSSR count). The molecule has 0 heterocycles. The first-order valence-corrected chi connectivity index (χ1v) is 5.50. The molecule has 0 aliphatic rings. The third-order valence-corrected chi connectivity index (χ3v) is 2.69. The smallest absolute Gasteiger partial charge is 0.0453 e. The summed E-state index contributed by atoms with van der Waals surface area (Å²) in [4.78, 5) is 2.83. The lowest BCUT2D eigenvalue weighted by Crippen LogP contribution is -1.78. The molecule has 16 heavy (non-hydrogen) atoms. The minimum atomic E-state index is 0.642. The molecule has 78 valence electrons. The third-order valence-electron chi connectivity index (χ3n) is 2.19. The molecular weight excluding hydrogens is 266 g/mol. The quantitative estimate of drug-likeness (QED) is 0.417. The van der Waals surface area contributed by atoms with Gasteiger partial charge in [0.15, 0.2) is 0 Å². The topological polar surface area (TPSA) is 48.8 Å². The van der Waals surface area contributed by atoms with E-state index in [1.165, 1.54) is 0 Å². The maximum Gasteiger partial charge on any atom is 0.0453 e. The molecule has 0 aromatic heterocycles. The number of azide groups is 1. The van der Waals surface area contributed by atoms with Gasteiger partial charge >= 0.3 is 0 Å². The molecule has 0 spiro atoms. The first-order valence-electron chi connectivity index (χ1n) is 4.71. The van der Waals surface area contributed by atoms with E-state index in [2.05, 4.69) is 26.0 Å². The van der Waals surface area contributed by atoms with Crippen LogP contribution >= 0.6 is 15.9 Å². The van der Waals surface area contributed by atoms with E-state index in [1.54, 1.807) is 6.07 Å². The van der Waals surface area contributed by atoms with Crippen molar-refractivity contribution in [2.24, 2.45) is 5.11 Å². The Labute approximate surface area is 101 Å². The van der Waals surface area contributed by atoms with E-state index in [1.807, 2.05) is 42.5 Å². The van der Waals surface area contributed by atoms with Gasteiger partial charge in [0, 0.05) is 15.1 Å². The van der Waals surface area contributed by atoms with Crippen molar-refractivity contribution in [3.8, 4) is 11.1 Å². The van der Waals surface area contributed by atoms with E-state index in [0.29, 0.717) is 5.69 Å². The van der Waals surface area contributed by atoms with Crippen molar-refractivity contribution in [1.29, 1.82) is 0 Å². The number of hydrogen-bond acceptors (Lipinski definition) is 1. The number of halogens is 1. The van der Waals surface area contributed by atoms with Crippen LogP contribution in [0.3, 0.4) is 0 Å². The molecule has 2 aromatic rings. The lowest BCUT2D eigenvalue weighted by atomic mass is 10.0. The lowest BCUT2D eigenvalue weighted by molar-refractivity contribution is 1.46. The highest BCUT2D eigenvalue weighted by Crippen LogP contribution is 2.31. The number of hydrogen-bond donors (Lipinski definition) is 0. The predicted octanol–water partition coefficient (Wildman–Crippen LogP) is 5.06. The average Bonchev–Trinajstić information content (AvgIpc) is 2.30. The fourth-order valence-electron chi connectivity index (χ4n) is 1.51. The van der Waals surface area contributed by atoms with Crippen molar-refractivity contribution in [1.82, 2.24) is 0 Å². The molecule has 0 saturated heterocycles. The normalized spacial score (nSPS) is 9.56. The van der Waals surface area contributed by atoms with Gasteiger partial charge in [-0.1, -0.05) is 57.4 Å². The van der Waals surface area contributed by atoms with Gasteiger partial charge in [0.2, 0.25) is 0 Å². The minimum absolute atomic E-state index is 0.642. The maximum atomic E-state index is 8.49. The summed E-state index contributed by atoms with van der Waals surface area (Å²) >= 11 is 3.42. The van der Waals surface area contributed by atoms with Gasteiger partial charge in [-0.2, -0.15) is 0 Å².